The zero-order valence-corrected chi connectivity index (χ0v) is 17.1. The quantitative estimate of drug-likeness (QED) is 0.323. The molecule has 0 aliphatic carbocycles. The van der Waals surface area contributed by atoms with Crippen LogP contribution >= 0.6 is 0 Å². The van der Waals surface area contributed by atoms with Crippen molar-refractivity contribution in [2.24, 2.45) is 0 Å². The molecule has 0 fully saturated rings. The van der Waals surface area contributed by atoms with Crippen LogP contribution in [-0.2, 0) is 14.6 Å². The molecule has 0 atom stereocenters. The topological polar surface area (TPSA) is 71.4 Å². The highest BCUT2D eigenvalue weighted by Gasteiger charge is 2.10. The van der Waals surface area contributed by atoms with Crippen molar-refractivity contribution in [1.29, 1.82) is 0 Å². The van der Waals surface area contributed by atoms with Crippen LogP contribution in [0.2, 0.25) is 0 Å². The zero-order chi connectivity index (χ0) is 19.0. The standard InChI is InChI=1S/C20H38O4S/c1-3-4-5-6-7-8-10-13-16-19(25(2,23)24)17-14-11-9-12-15-18-20(21)22/h16H,3-15,17-18H2,1-2H3,(H,21,22)/b19-16-. The monoisotopic (exact) mass is 374 g/mol. The van der Waals surface area contributed by atoms with Gasteiger partial charge in [-0.25, -0.2) is 8.42 Å². The fourth-order valence-electron chi connectivity index (χ4n) is 2.91. The van der Waals surface area contributed by atoms with Gasteiger partial charge in [0.15, 0.2) is 9.84 Å². The number of rotatable bonds is 17. The molecule has 0 radical (unpaired) electrons. The molecule has 25 heavy (non-hydrogen) atoms. The van der Waals surface area contributed by atoms with Gasteiger partial charge < -0.3 is 5.11 Å². The second-order valence-corrected chi connectivity index (χ2v) is 9.08. The SMILES string of the molecule is CCCCCCCCC/C=C(/CCCCCCCC(=O)O)S(C)(=O)=O. The Bertz CT molecular complexity index is 466. The summed E-state index contributed by atoms with van der Waals surface area (Å²) >= 11 is 0. The van der Waals surface area contributed by atoms with Crippen LogP contribution in [0.1, 0.15) is 103 Å². The largest absolute Gasteiger partial charge is 0.481 e. The number of hydrogen-bond donors (Lipinski definition) is 1. The molecule has 1 N–H and O–H groups in total. The van der Waals surface area contributed by atoms with E-state index in [9.17, 15) is 13.2 Å². The number of carboxylic acids is 1. The summed E-state index contributed by atoms with van der Waals surface area (Å²) in [7, 11) is -3.09. The Morgan fingerprint density at radius 2 is 1.28 bits per heavy atom. The first-order valence-electron chi connectivity index (χ1n) is 9.98. The van der Waals surface area contributed by atoms with Crippen molar-refractivity contribution >= 4 is 15.8 Å². The number of unbranched alkanes of at least 4 members (excludes halogenated alkanes) is 11. The fraction of sp³-hybridized carbons (Fsp3) is 0.850. The van der Waals surface area contributed by atoms with E-state index in [1.165, 1.54) is 44.8 Å². The lowest BCUT2D eigenvalue weighted by Gasteiger charge is -2.06. The van der Waals surface area contributed by atoms with Crippen LogP contribution in [0.3, 0.4) is 0 Å². The molecule has 0 rings (SSSR count). The smallest absolute Gasteiger partial charge is 0.303 e. The predicted octanol–water partition coefficient (Wildman–Crippen LogP) is 5.87. The van der Waals surface area contributed by atoms with Crippen molar-refractivity contribution in [3.05, 3.63) is 11.0 Å². The van der Waals surface area contributed by atoms with Crippen molar-refractivity contribution in [3.63, 3.8) is 0 Å². The van der Waals surface area contributed by atoms with Gasteiger partial charge in [0.1, 0.15) is 0 Å². The van der Waals surface area contributed by atoms with Crippen molar-refractivity contribution in [2.75, 3.05) is 6.26 Å². The Morgan fingerprint density at radius 1 is 0.800 bits per heavy atom. The third-order valence-electron chi connectivity index (χ3n) is 4.47. The summed E-state index contributed by atoms with van der Waals surface area (Å²) in [4.78, 5) is 11.0. The highest BCUT2D eigenvalue weighted by atomic mass is 32.2. The van der Waals surface area contributed by atoms with Gasteiger partial charge in [0.2, 0.25) is 0 Å². The highest BCUT2D eigenvalue weighted by molar-refractivity contribution is 7.94. The molecule has 0 bridgehead atoms. The minimum Gasteiger partial charge on any atom is -0.481 e. The van der Waals surface area contributed by atoms with Gasteiger partial charge in [-0.05, 0) is 32.1 Å². The van der Waals surface area contributed by atoms with E-state index >= 15 is 0 Å². The predicted molar refractivity (Wildman–Crippen MR) is 105 cm³/mol. The summed E-state index contributed by atoms with van der Waals surface area (Å²) in [5.41, 5.74) is 0. The van der Waals surface area contributed by atoms with E-state index in [1.807, 2.05) is 6.08 Å². The Labute approximate surface area is 155 Å². The number of carbonyl (C=O) groups is 1. The van der Waals surface area contributed by atoms with Gasteiger partial charge in [0.05, 0.1) is 0 Å². The van der Waals surface area contributed by atoms with Gasteiger partial charge in [-0.15, -0.1) is 0 Å². The maximum Gasteiger partial charge on any atom is 0.303 e. The first kappa shape index (κ1) is 24.2. The average Bonchev–Trinajstić information content (AvgIpc) is 2.53. The molecule has 0 aromatic rings. The summed E-state index contributed by atoms with van der Waals surface area (Å²) in [6.07, 6.45) is 18.0. The van der Waals surface area contributed by atoms with Gasteiger partial charge in [0.25, 0.3) is 0 Å². The Hall–Kier alpha value is -0.840. The summed E-state index contributed by atoms with van der Waals surface area (Å²) in [6.45, 7) is 2.22. The van der Waals surface area contributed by atoms with E-state index in [2.05, 4.69) is 6.92 Å². The van der Waals surface area contributed by atoms with Crippen LogP contribution in [0.15, 0.2) is 11.0 Å². The maximum absolute atomic E-state index is 11.9. The second kappa shape index (κ2) is 15.4. The van der Waals surface area contributed by atoms with E-state index in [0.717, 1.165) is 38.5 Å². The van der Waals surface area contributed by atoms with Crippen LogP contribution in [-0.4, -0.2) is 25.7 Å². The maximum atomic E-state index is 11.9. The highest BCUT2D eigenvalue weighted by Crippen LogP contribution is 2.18. The van der Waals surface area contributed by atoms with E-state index in [4.69, 9.17) is 5.11 Å². The van der Waals surface area contributed by atoms with Crippen molar-refractivity contribution in [2.45, 2.75) is 103 Å². The molecule has 0 aliphatic heterocycles. The summed E-state index contributed by atoms with van der Waals surface area (Å²) in [6, 6.07) is 0. The lowest BCUT2D eigenvalue weighted by Crippen LogP contribution is -2.01. The average molecular weight is 375 g/mol. The molecule has 0 amide bonds. The van der Waals surface area contributed by atoms with Gasteiger partial charge >= 0.3 is 5.97 Å². The third kappa shape index (κ3) is 16.4. The number of sulfone groups is 1. The third-order valence-corrected chi connectivity index (χ3v) is 5.79. The van der Waals surface area contributed by atoms with Crippen LogP contribution < -0.4 is 0 Å². The van der Waals surface area contributed by atoms with Gasteiger partial charge in [-0.3, -0.25) is 4.79 Å². The van der Waals surface area contributed by atoms with E-state index in [1.54, 1.807) is 0 Å². The van der Waals surface area contributed by atoms with E-state index < -0.39 is 15.8 Å². The number of carboxylic acid groups (broad SMARTS) is 1. The molecule has 0 aliphatic rings. The Balaban J connectivity index is 3.91. The van der Waals surface area contributed by atoms with Crippen LogP contribution in [0.5, 0.6) is 0 Å². The lowest BCUT2D eigenvalue weighted by molar-refractivity contribution is -0.137. The normalized spacial score (nSPS) is 12.5. The van der Waals surface area contributed by atoms with Gasteiger partial charge in [0, 0.05) is 17.6 Å². The molecule has 148 valence electrons. The molecule has 0 aromatic heterocycles. The zero-order valence-electron chi connectivity index (χ0n) is 16.3. The van der Waals surface area contributed by atoms with E-state index in [-0.39, 0.29) is 6.42 Å². The molecule has 4 nitrogen and oxygen atoms in total. The molecule has 0 unspecified atom stereocenters. The van der Waals surface area contributed by atoms with Crippen molar-refractivity contribution in [3.8, 4) is 0 Å². The van der Waals surface area contributed by atoms with Crippen LogP contribution in [0.25, 0.3) is 0 Å². The van der Waals surface area contributed by atoms with Crippen LogP contribution in [0.4, 0.5) is 0 Å². The first-order valence-corrected chi connectivity index (χ1v) is 11.9. The lowest BCUT2D eigenvalue weighted by atomic mass is 10.1. The fourth-order valence-corrected chi connectivity index (χ4v) is 3.84. The van der Waals surface area contributed by atoms with Gasteiger partial charge in [-0.1, -0.05) is 70.8 Å². The summed E-state index contributed by atoms with van der Waals surface area (Å²) < 4.78 is 23.8. The number of allylic oxidation sites excluding steroid dienone is 2. The minimum atomic E-state index is -3.09. The number of aliphatic carboxylic acids is 1. The van der Waals surface area contributed by atoms with E-state index in [0.29, 0.717) is 17.7 Å². The van der Waals surface area contributed by atoms with Crippen LogP contribution in [0, 0.1) is 0 Å². The molecular formula is C20H38O4S. The summed E-state index contributed by atoms with van der Waals surface area (Å²) in [5.74, 6) is -0.743. The van der Waals surface area contributed by atoms with Gasteiger partial charge in [-0.2, -0.15) is 0 Å². The molecule has 0 aromatic carbocycles. The molecule has 0 saturated heterocycles. The Morgan fingerprint density at radius 3 is 1.80 bits per heavy atom. The molecule has 5 heteroatoms. The summed E-state index contributed by atoms with van der Waals surface area (Å²) in [5, 5.41) is 8.58. The molecule has 0 heterocycles. The molecular weight excluding hydrogens is 336 g/mol. The molecule has 0 saturated carbocycles. The minimum absolute atomic E-state index is 0.229. The second-order valence-electron chi connectivity index (χ2n) is 7.01. The number of hydrogen-bond acceptors (Lipinski definition) is 3. The Kier molecular flexibility index (Phi) is 14.9. The van der Waals surface area contributed by atoms with Crippen molar-refractivity contribution < 1.29 is 18.3 Å². The van der Waals surface area contributed by atoms with Crippen molar-refractivity contribution in [1.82, 2.24) is 0 Å². The first-order chi connectivity index (χ1) is 11.9. The molecule has 0 spiro atoms.